The van der Waals surface area contributed by atoms with Gasteiger partial charge < -0.3 is 0 Å². The first-order valence-electron chi connectivity index (χ1n) is 7.76. The largest absolute Gasteiger partial charge is 0.272 e. The van der Waals surface area contributed by atoms with Gasteiger partial charge in [0, 0.05) is 5.02 Å². The molecule has 25 heavy (non-hydrogen) atoms. The van der Waals surface area contributed by atoms with E-state index >= 15 is 0 Å². The number of para-hydroxylation sites is 1. The summed E-state index contributed by atoms with van der Waals surface area (Å²) in [5.41, 5.74) is 4.39. The highest BCUT2D eigenvalue weighted by atomic mass is 35.5. The maximum atomic E-state index is 12.4. The van der Waals surface area contributed by atoms with Gasteiger partial charge in [-0.25, -0.2) is 10.4 Å². The third-order valence-corrected chi connectivity index (χ3v) is 6.15. The van der Waals surface area contributed by atoms with Crippen LogP contribution in [0.25, 0.3) is 10.2 Å². The third kappa shape index (κ3) is 4.81. The van der Waals surface area contributed by atoms with Crippen LogP contribution >= 0.6 is 34.7 Å². The molecular weight excluding hydrogens is 374 g/mol. The molecule has 4 nitrogen and oxygen atoms in total. The predicted octanol–water partition coefficient (Wildman–Crippen LogP) is 4.97. The fourth-order valence-corrected chi connectivity index (χ4v) is 4.60. The Bertz CT molecular complexity index is 877. The summed E-state index contributed by atoms with van der Waals surface area (Å²) < 4.78 is 2.02. The number of hydrogen-bond acceptors (Lipinski definition) is 5. The van der Waals surface area contributed by atoms with Gasteiger partial charge in [-0.2, -0.15) is 5.10 Å². The summed E-state index contributed by atoms with van der Waals surface area (Å²) in [6.07, 6.45) is 2.28. The lowest BCUT2D eigenvalue weighted by molar-refractivity contribution is -0.120. The number of aromatic nitrogens is 1. The number of thioether (sulfide) groups is 1. The molecule has 1 N–H and O–H groups in total. The Hall–Kier alpha value is -1.89. The Kier molecular flexibility index (Phi) is 6.07. The summed E-state index contributed by atoms with van der Waals surface area (Å²) in [6, 6.07) is 15.2. The van der Waals surface area contributed by atoms with E-state index < -0.39 is 0 Å². The Balaban J connectivity index is 1.62. The molecule has 0 bridgehead atoms. The van der Waals surface area contributed by atoms with Crippen LogP contribution in [0.4, 0.5) is 0 Å². The van der Waals surface area contributed by atoms with Gasteiger partial charge in [0.15, 0.2) is 4.34 Å². The SMILES string of the molecule is CC[C@@H](Sc1nc2ccccc2s1)C(=O)NN=Cc1cccc(Cl)c1. The van der Waals surface area contributed by atoms with E-state index in [1.807, 2.05) is 43.3 Å². The van der Waals surface area contributed by atoms with Crippen molar-refractivity contribution in [3.05, 3.63) is 59.1 Å². The van der Waals surface area contributed by atoms with Gasteiger partial charge in [-0.15, -0.1) is 11.3 Å². The molecule has 0 saturated heterocycles. The van der Waals surface area contributed by atoms with Gasteiger partial charge in [-0.3, -0.25) is 4.79 Å². The molecule has 0 aliphatic heterocycles. The van der Waals surface area contributed by atoms with Gasteiger partial charge in [0.1, 0.15) is 0 Å². The Morgan fingerprint density at radius 1 is 1.36 bits per heavy atom. The molecule has 1 amide bonds. The van der Waals surface area contributed by atoms with Crippen LogP contribution in [0.3, 0.4) is 0 Å². The van der Waals surface area contributed by atoms with Crippen molar-refractivity contribution < 1.29 is 4.79 Å². The van der Waals surface area contributed by atoms with E-state index in [0.717, 1.165) is 20.1 Å². The van der Waals surface area contributed by atoms with Crippen molar-refractivity contribution in [1.82, 2.24) is 10.4 Å². The van der Waals surface area contributed by atoms with E-state index in [1.165, 1.54) is 11.8 Å². The number of hydrazone groups is 1. The smallest absolute Gasteiger partial charge is 0.253 e. The second-order valence-corrected chi connectivity index (χ2v) is 8.17. The number of thiazole rings is 1. The molecule has 3 rings (SSSR count). The number of fused-ring (bicyclic) bond motifs is 1. The first-order valence-corrected chi connectivity index (χ1v) is 9.84. The summed E-state index contributed by atoms with van der Waals surface area (Å²) in [6.45, 7) is 1.98. The summed E-state index contributed by atoms with van der Waals surface area (Å²) in [4.78, 5) is 16.9. The van der Waals surface area contributed by atoms with Crippen LogP contribution in [-0.4, -0.2) is 22.4 Å². The minimum atomic E-state index is -0.239. The standard InChI is InChI=1S/C18H16ClN3OS2/c1-2-15(24-18-21-14-8-3-4-9-16(14)25-18)17(23)22-20-11-12-6-5-7-13(19)10-12/h3-11,15H,2H2,1H3,(H,22,23)/t15-/m1/s1. The zero-order valence-electron chi connectivity index (χ0n) is 13.5. The van der Waals surface area contributed by atoms with Crippen molar-refractivity contribution in [2.75, 3.05) is 0 Å². The lowest BCUT2D eigenvalue weighted by Crippen LogP contribution is -2.28. The van der Waals surface area contributed by atoms with Crippen LogP contribution in [0.5, 0.6) is 0 Å². The van der Waals surface area contributed by atoms with Crippen molar-refractivity contribution in [2.24, 2.45) is 5.10 Å². The highest BCUT2D eigenvalue weighted by Crippen LogP contribution is 2.33. The number of hydrogen-bond donors (Lipinski definition) is 1. The Morgan fingerprint density at radius 3 is 2.96 bits per heavy atom. The summed E-state index contributed by atoms with van der Waals surface area (Å²) >= 11 is 9.00. The molecule has 0 aliphatic rings. The van der Waals surface area contributed by atoms with Crippen molar-refractivity contribution in [1.29, 1.82) is 0 Å². The number of nitrogens with one attached hydrogen (secondary N) is 1. The minimum absolute atomic E-state index is 0.134. The molecule has 0 aliphatic carbocycles. The number of halogens is 1. The quantitative estimate of drug-likeness (QED) is 0.368. The van der Waals surface area contributed by atoms with Crippen LogP contribution in [0, 0.1) is 0 Å². The monoisotopic (exact) mass is 389 g/mol. The summed E-state index contributed by atoms with van der Waals surface area (Å²) in [5, 5.41) is 4.42. The zero-order valence-corrected chi connectivity index (χ0v) is 15.9. The summed E-state index contributed by atoms with van der Waals surface area (Å²) in [7, 11) is 0. The van der Waals surface area contributed by atoms with E-state index in [0.29, 0.717) is 11.4 Å². The maximum absolute atomic E-state index is 12.4. The third-order valence-electron chi connectivity index (χ3n) is 3.42. The second-order valence-electron chi connectivity index (χ2n) is 5.25. The van der Waals surface area contributed by atoms with E-state index in [-0.39, 0.29) is 11.2 Å². The molecule has 2 aromatic carbocycles. The van der Waals surface area contributed by atoms with Crippen LogP contribution < -0.4 is 5.43 Å². The lowest BCUT2D eigenvalue weighted by Gasteiger charge is -2.10. The maximum Gasteiger partial charge on any atom is 0.253 e. The van der Waals surface area contributed by atoms with Gasteiger partial charge in [0.05, 0.1) is 21.7 Å². The second kappa shape index (κ2) is 8.47. The van der Waals surface area contributed by atoms with Crippen LogP contribution in [0.15, 0.2) is 58.0 Å². The molecule has 0 saturated carbocycles. The fourth-order valence-electron chi connectivity index (χ4n) is 2.17. The fraction of sp³-hybridized carbons (Fsp3) is 0.167. The molecule has 0 spiro atoms. The highest BCUT2D eigenvalue weighted by Gasteiger charge is 2.19. The van der Waals surface area contributed by atoms with Crippen molar-refractivity contribution in [3.8, 4) is 0 Å². The van der Waals surface area contributed by atoms with Crippen molar-refractivity contribution in [2.45, 2.75) is 22.9 Å². The number of carbonyl (C=O) groups excluding carboxylic acids is 1. The highest BCUT2D eigenvalue weighted by molar-refractivity contribution is 8.02. The van der Waals surface area contributed by atoms with Crippen molar-refractivity contribution in [3.63, 3.8) is 0 Å². The van der Waals surface area contributed by atoms with Gasteiger partial charge in [0.25, 0.3) is 5.91 Å². The molecule has 1 aromatic heterocycles. The normalized spacial score (nSPS) is 12.6. The molecule has 128 valence electrons. The number of carbonyl (C=O) groups is 1. The molecule has 1 atom stereocenters. The Morgan fingerprint density at radius 2 is 2.20 bits per heavy atom. The Labute approximate surface area is 159 Å². The molecule has 3 aromatic rings. The number of benzene rings is 2. The molecule has 0 fully saturated rings. The van der Waals surface area contributed by atoms with Crippen LogP contribution in [0.1, 0.15) is 18.9 Å². The number of nitrogens with zero attached hydrogens (tertiary/aromatic N) is 2. The van der Waals surface area contributed by atoms with E-state index in [2.05, 4.69) is 15.5 Å². The van der Waals surface area contributed by atoms with E-state index in [4.69, 9.17) is 11.6 Å². The molecule has 0 radical (unpaired) electrons. The minimum Gasteiger partial charge on any atom is -0.272 e. The topological polar surface area (TPSA) is 54.4 Å². The average Bonchev–Trinajstić information content (AvgIpc) is 3.02. The molecule has 0 unspecified atom stereocenters. The average molecular weight is 390 g/mol. The first kappa shape index (κ1) is 17.9. The predicted molar refractivity (Wildman–Crippen MR) is 107 cm³/mol. The zero-order chi connectivity index (χ0) is 17.6. The number of rotatable bonds is 6. The van der Waals surface area contributed by atoms with Gasteiger partial charge in [-0.05, 0) is 36.2 Å². The first-order chi connectivity index (χ1) is 12.2. The molecular formula is C18H16ClN3OS2. The van der Waals surface area contributed by atoms with Gasteiger partial charge in [0.2, 0.25) is 0 Å². The van der Waals surface area contributed by atoms with Gasteiger partial charge in [-0.1, -0.05) is 54.6 Å². The van der Waals surface area contributed by atoms with Crippen LogP contribution in [-0.2, 0) is 4.79 Å². The number of amides is 1. The molecule has 1 heterocycles. The van der Waals surface area contributed by atoms with Gasteiger partial charge >= 0.3 is 0 Å². The van der Waals surface area contributed by atoms with E-state index in [1.54, 1.807) is 29.7 Å². The lowest BCUT2D eigenvalue weighted by atomic mass is 10.2. The van der Waals surface area contributed by atoms with E-state index in [9.17, 15) is 4.79 Å². The summed E-state index contributed by atoms with van der Waals surface area (Å²) in [5.74, 6) is -0.134. The van der Waals surface area contributed by atoms with Crippen LogP contribution in [0.2, 0.25) is 5.02 Å². The van der Waals surface area contributed by atoms with Crippen molar-refractivity contribution >= 4 is 57.0 Å². The molecule has 7 heteroatoms.